The van der Waals surface area contributed by atoms with Gasteiger partial charge in [0.15, 0.2) is 0 Å². The van der Waals surface area contributed by atoms with E-state index in [1.54, 1.807) is 12.4 Å². The standard InChI is InChI=1S/C8H6BrN3O2/c9-6-1-5(2-10-3-6)8-11-7(4-13)14-12-8/h1-3,13H,4H2. The van der Waals surface area contributed by atoms with E-state index in [0.717, 1.165) is 10.0 Å². The molecule has 2 aromatic heterocycles. The predicted molar refractivity (Wildman–Crippen MR) is 51.2 cm³/mol. The largest absolute Gasteiger partial charge is 0.387 e. The zero-order chi connectivity index (χ0) is 9.97. The number of rotatable bonds is 2. The SMILES string of the molecule is OCc1nc(-c2cncc(Br)c2)no1. The summed E-state index contributed by atoms with van der Waals surface area (Å²) < 4.78 is 5.59. The summed E-state index contributed by atoms with van der Waals surface area (Å²) in [7, 11) is 0. The van der Waals surface area contributed by atoms with Crippen molar-refractivity contribution in [3.05, 3.63) is 28.8 Å². The second-order valence-corrected chi connectivity index (χ2v) is 3.48. The van der Waals surface area contributed by atoms with Gasteiger partial charge in [-0.05, 0) is 22.0 Å². The van der Waals surface area contributed by atoms with Crippen LogP contribution < -0.4 is 0 Å². The predicted octanol–water partition coefficient (Wildman–Crippen LogP) is 1.39. The molecule has 0 amide bonds. The first-order valence-corrected chi connectivity index (χ1v) is 4.63. The van der Waals surface area contributed by atoms with Crippen LogP contribution in [0.25, 0.3) is 11.4 Å². The van der Waals surface area contributed by atoms with Crippen LogP contribution >= 0.6 is 15.9 Å². The molecule has 0 aliphatic rings. The van der Waals surface area contributed by atoms with Crippen molar-refractivity contribution < 1.29 is 9.63 Å². The van der Waals surface area contributed by atoms with Crippen molar-refractivity contribution >= 4 is 15.9 Å². The van der Waals surface area contributed by atoms with E-state index >= 15 is 0 Å². The van der Waals surface area contributed by atoms with Crippen LogP contribution in [-0.4, -0.2) is 20.2 Å². The minimum absolute atomic E-state index is 0.194. The second kappa shape index (κ2) is 3.85. The molecule has 0 radical (unpaired) electrons. The summed E-state index contributed by atoms with van der Waals surface area (Å²) in [5.74, 6) is 0.614. The van der Waals surface area contributed by atoms with Crippen LogP contribution in [0.3, 0.4) is 0 Å². The number of halogens is 1. The van der Waals surface area contributed by atoms with Crippen molar-refractivity contribution in [1.82, 2.24) is 15.1 Å². The van der Waals surface area contributed by atoms with E-state index in [0.29, 0.717) is 5.82 Å². The van der Waals surface area contributed by atoms with E-state index in [2.05, 4.69) is 31.1 Å². The monoisotopic (exact) mass is 255 g/mol. The van der Waals surface area contributed by atoms with Gasteiger partial charge in [0.25, 0.3) is 5.89 Å². The molecule has 0 atom stereocenters. The summed E-state index contributed by atoms with van der Waals surface area (Å²) in [6.45, 7) is -0.256. The van der Waals surface area contributed by atoms with Gasteiger partial charge < -0.3 is 9.63 Å². The summed E-state index contributed by atoms with van der Waals surface area (Å²) in [5.41, 5.74) is 0.739. The third-order valence-corrected chi connectivity index (χ3v) is 2.00. The Morgan fingerprint density at radius 3 is 2.93 bits per heavy atom. The van der Waals surface area contributed by atoms with Crippen LogP contribution in [-0.2, 0) is 6.61 Å². The van der Waals surface area contributed by atoms with Crippen molar-refractivity contribution in [3.63, 3.8) is 0 Å². The lowest BCUT2D eigenvalue weighted by molar-refractivity contribution is 0.222. The number of hydrogen-bond donors (Lipinski definition) is 1. The highest BCUT2D eigenvalue weighted by molar-refractivity contribution is 9.10. The molecule has 0 saturated heterocycles. The Bertz CT molecular complexity index is 444. The Hall–Kier alpha value is -1.27. The number of pyridine rings is 1. The first-order valence-electron chi connectivity index (χ1n) is 3.84. The first-order chi connectivity index (χ1) is 6.79. The van der Waals surface area contributed by atoms with Crippen molar-refractivity contribution in [2.24, 2.45) is 0 Å². The van der Waals surface area contributed by atoms with Crippen molar-refractivity contribution in [2.75, 3.05) is 0 Å². The minimum atomic E-state index is -0.256. The van der Waals surface area contributed by atoms with Gasteiger partial charge in [-0.25, -0.2) is 0 Å². The molecular weight excluding hydrogens is 250 g/mol. The molecule has 1 N–H and O–H groups in total. The van der Waals surface area contributed by atoms with Crippen LogP contribution in [0.4, 0.5) is 0 Å². The van der Waals surface area contributed by atoms with E-state index in [1.807, 2.05) is 6.07 Å². The molecule has 0 aliphatic carbocycles. The Morgan fingerprint density at radius 1 is 1.43 bits per heavy atom. The highest BCUT2D eigenvalue weighted by Crippen LogP contribution is 2.18. The van der Waals surface area contributed by atoms with Gasteiger partial charge in [0.05, 0.1) is 0 Å². The topological polar surface area (TPSA) is 72.0 Å². The highest BCUT2D eigenvalue weighted by Gasteiger charge is 2.07. The third-order valence-electron chi connectivity index (χ3n) is 1.57. The number of aliphatic hydroxyl groups is 1. The summed E-state index contributed by atoms with van der Waals surface area (Å²) >= 11 is 3.29. The Labute approximate surface area is 87.9 Å². The maximum atomic E-state index is 8.73. The van der Waals surface area contributed by atoms with E-state index in [1.165, 1.54) is 0 Å². The maximum absolute atomic E-state index is 8.73. The molecule has 0 spiro atoms. The molecule has 0 aromatic carbocycles. The third kappa shape index (κ3) is 1.80. The fraction of sp³-hybridized carbons (Fsp3) is 0.125. The second-order valence-electron chi connectivity index (χ2n) is 2.56. The number of aliphatic hydroxyl groups excluding tert-OH is 1. The molecule has 2 heterocycles. The van der Waals surface area contributed by atoms with Crippen LogP contribution in [0, 0.1) is 0 Å². The summed E-state index contributed by atoms with van der Waals surface area (Å²) in [5, 5.41) is 12.4. The van der Waals surface area contributed by atoms with Gasteiger partial charge in [0.1, 0.15) is 6.61 Å². The van der Waals surface area contributed by atoms with Gasteiger partial charge in [-0.3, -0.25) is 4.98 Å². The molecule has 6 heteroatoms. The van der Waals surface area contributed by atoms with Crippen LogP contribution in [0.5, 0.6) is 0 Å². The molecule has 2 rings (SSSR count). The van der Waals surface area contributed by atoms with Crippen molar-refractivity contribution in [3.8, 4) is 11.4 Å². The quantitative estimate of drug-likeness (QED) is 0.878. The summed E-state index contributed by atoms with van der Waals surface area (Å²) in [6, 6.07) is 1.82. The zero-order valence-electron chi connectivity index (χ0n) is 7.01. The molecule has 0 saturated carbocycles. The number of aromatic nitrogens is 3. The van der Waals surface area contributed by atoms with Crippen molar-refractivity contribution in [2.45, 2.75) is 6.61 Å². The normalized spacial score (nSPS) is 10.4. The molecule has 14 heavy (non-hydrogen) atoms. The van der Waals surface area contributed by atoms with Gasteiger partial charge in [-0.15, -0.1) is 0 Å². The summed E-state index contributed by atoms with van der Waals surface area (Å²) in [6.07, 6.45) is 3.29. The number of hydrogen-bond acceptors (Lipinski definition) is 5. The van der Waals surface area contributed by atoms with Crippen LogP contribution in [0.15, 0.2) is 27.5 Å². The van der Waals surface area contributed by atoms with E-state index in [-0.39, 0.29) is 12.5 Å². The molecule has 5 nitrogen and oxygen atoms in total. The summed E-state index contributed by atoms with van der Waals surface area (Å²) in [4.78, 5) is 7.92. The Balaban J connectivity index is 2.39. The van der Waals surface area contributed by atoms with Gasteiger partial charge >= 0.3 is 0 Å². The van der Waals surface area contributed by atoms with Gasteiger partial charge in [0, 0.05) is 22.4 Å². The van der Waals surface area contributed by atoms with E-state index < -0.39 is 0 Å². The molecule has 72 valence electrons. The lowest BCUT2D eigenvalue weighted by Gasteiger charge is -1.92. The molecule has 2 aromatic rings. The highest BCUT2D eigenvalue weighted by atomic mass is 79.9. The minimum Gasteiger partial charge on any atom is -0.387 e. The van der Waals surface area contributed by atoms with Gasteiger partial charge in [-0.2, -0.15) is 4.98 Å². The van der Waals surface area contributed by atoms with E-state index in [4.69, 9.17) is 9.63 Å². The zero-order valence-corrected chi connectivity index (χ0v) is 8.60. The Morgan fingerprint density at radius 2 is 2.29 bits per heavy atom. The molecule has 0 aliphatic heterocycles. The Kier molecular flexibility index (Phi) is 2.55. The van der Waals surface area contributed by atoms with Crippen LogP contribution in [0.1, 0.15) is 5.89 Å². The van der Waals surface area contributed by atoms with E-state index in [9.17, 15) is 0 Å². The van der Waals surface area contributed by atoms with Gasteiger partial charge in [-0.1, -0.05) is 5.16 Å². The molecule has 0 unspecified atom stereocenters. The van der Waals surface area contributed by atoms with Gasteiger partial charge in [0.2, 0.25) is 5.82 Å². The molecule has 0 fully saturated rings. The lowest BCUT2D eigenvalue weighted by Crippen LogP contribution is -1.84. The average Bonchev–Trinajstić information content (AvgIpc) is 2.66. The fourth-order valence-electron chi connectivity index (χ4n) is 0.970. The molecular formula is C8H6BrN3O2. The van der Waals surface area contributed by atoms with Crippen LogP contribution in [0.2, 0.25) is 0 Å². The number of nitrogens with zero attached hydrogens (tertiary/aromatic N) is 3. The average molecular weight is 256 g/mol. The molecule has 0 bridgehead atoms. The lowest BCUT2D eigenvalue weighted by atomic mass is 10.3. The maximum Gasteiger partial charge on any atom is 0.252 e. The first kappa shape index (κ1) is 9.29. The fourth-order valence-corrected chi connectivity index (χ4v) is 1.34. The smallest absolute Gasteiger partial charge is 0.252 e. The van der Waals surface area contributed by atoms with Crippen molar-refractivity contribution in [1.29, 1.82) is 0 Å².